The summed E-state index contributed by atoms with van der Waals surface area (Å²) in [5.74, 6) is -1.65. The highest BCUT2D eigenvalue weighted by Crippen LogP contribution is 2.34. The van der Waals surface area contributed by atoms with Gasteiger partial charge < -0.3 is 4.74 Å². The van der Waals surface area contributed by atoms with Crippen LogP contribution in [0.15, 0.2) is 66.7 Å². The second-order valence-electron chi connectivity index (χ2n) is 11.1. The summed E-state index contributed by atoms with van der Waals surface area (Å²) in [4.78, 5) is 0. The van der Waals surface area contributed by atoms with Crippen molar-refractivity contribution < 1.29 is 17.9 Å². The molecule has 0 N–H and O–H groups in total. The molecule has 2 unspecified atom stereocenters. The summed E-state index contributed by atoms with van der Waals surface area (Å²) >= 11 is 0. The molecule has 3 aromatic rings. The van der Waals surface area contributed by atoms with E-state index in [1.54, 1.807) is 42.5 Å². The van der Waals surface area contributed by atoms with Crippen molar-refractivity contribution in [2.24, 2.45) is 0 Å². The predicted octanol–water partition coefficient (Wildman–Crippen LogP) is 11.0. The number of unbranched alkanes of at least 4 members (excludes halogenated alkanes) is 5. The van der Waals surface area contributed by atoms with Crippen LogP contribution in [0.2, 0.25) is 0 Å². The van der Waals surface area contributed by atoms with Gasteiger partial charge in [0.1, 0.15) is 5.82 Å². The van der Waals surface area contributed by atoms with Crippen LogP contribution in [0, 0.1) is 17.5 Å². The van der Waals surface area contributed by atoms with E-state index < -0.39 is 11.6 Å². The molecule has 1 saturated heterocycles. The van der Waals surface area contributed by atoms with Gasteiger partial charge in [-0.1, -0.05) is 99.7 Å². The van der Waals surface area contributed by atoms with Gasteiger partial charge in [0, 0.05) is 17.0 Å². The first-order chi connectivity index (χ1) is 19.5. The highest BCUT2D eigenvalue weighted by atomic mass is 19.2. The molecule has 40 heavy (non-hydrogen) atoms. The Labute approximate surface area is 238 Å². The lowest BCUT2D eigenvalue weighted by Crippen LogP contribution is -2.24. The topological polar surface area (TPSA) is 9.23 Å². The second-order valence-corrected chi connectivity index (χ2v) is 11.1. The SMILES string of the molecule is C/C=C/CCC1CCC(c2ccc(-c3ccc(-c4ccc(CCCCCCCC)c(F)c4F)cc3)c(F)c2)CO1. The molecule has 0 aliphatic carbocycles. The van der Waals surface area contributed by atoms with E-state index in [-0.39, 0.29) is 23.4 Å². The number of allylic oxidation sites excluding steroid dienone is 2. The molecule has 3 aromatic carbocycles. The van der Waals surface area contributed by atoms with Gasteiger partial charge in [-0.05, 0) is 73.8 Å². The van der Waals surface area contributed by atoms with Gasteiger partial charge in [0.15, 0.2) is 11.6 Å². The lowest BCUT2D eigenvalue weighted by Gasteiger charge is -2.29. The summed E-state index contributed by atoms with van der Waals surface area (Å²) in [7, 11) is 0. The van der Waals surface area contributed by atoms with Gasteiger partial charge in [-0.2, -0.15) is 0 Å². The summed E-state index contributed by atoms with van der Waals surface area (Å²) in [5.41, 5.74) is 3.40. The molecule has 1 fully saturated rings. The Balaban J connectivity index is 1.38. The lowest BCUT2D eigenvalue weighted by molar-refractivity contribution is -0.000225. The van der Waals surface area contributed by atoms with Crippen molar-refractivity contribution in [3.63, 3.8) is 0 Å². The Morgan fingerprint density at radius 3 is 2.17 bits per heavy atom. The molecule has 1 heterocycles. The molecular weight excluding hydrogens is 505 g/mol. The van der Waals surface area contributed by atoms with Crippen molar-refractivity contribution in [2.75, 3.05) is 6.61 Å². The lowest BCUT2D eigenvalue weighted by atomic mass is 9.89. The van der Waals surface area contributed by atoms with E-state index in [0.29, 0.717) is 35.3 Å². The first kappa shape index (κ1) is 30.1. The molecule has 0 aromatic heterocycles. The number of rotatable bonds is 13. The maximum atomic E-state index is 15.2. The van der Waals surface area contributed by atoms with Crippen molar-refractivity contribution in [1.29, 1.82) is 0 Å². The minimum absolute atomic E-state index is 0.200. The van der Waals surface area contributed by atoms with Crippen LogP contribution in [0.3, 0.4) is 0 Å². The third-order valence-electron chi connectivity index (χ3n) is 8.19. The van der Waals surface area contributed by atoms with Crippen molar-refractivity contribution in [3.8, 4) is 22.3 Å². The number of halogens is 3. The quantitative estimate of drug-likeness (QED) is 0.152. The van der Waals surface area contributed by atoms with Gasteiger partial charge >= 0.3 is 0 Å². The molecule has 1 aliphatic heterocycles. The van der Waals surface area contributed by atoms with Gasteiger partial charge in [0.05, 0.1) is 12.7 Å². The summed E-state index contributed by atoms with van der Waals surface area (Å²) in [6.07, 6.45) is 15.8. The normalized spacial score (nSPS) is 17.5. The zero-order valence-corrected chi connectivity index (χ0v) is 24.0. The molecule has 214 valence electrons. The highest BCUT2D eigenvalue weighted by Gasteiger charge is 2.23. The molecule has 1 aliphatic rings. The maximum absolute atomic E-state index is 15.2. The Kier molecular flexibility index (Phi) is 11.5. The van der Waals surface area contributed by atoms with Crippen LogP contribution < -0.4 is 0 Å². The van der Waals surface area contributed by atoms with E-state index in [1.165, 1.54) is 19.3 Å². The van der Waals surface area contributed by atoms with Gasteiger partial charge in [0.2, 0.25) is 0 Å². The fourth-order valence-electron chi connectivity index (χ4n) is 5.70. The summed E-state index contributed by atoms with van der Waals surface area (Å²) in [6, 6.07) is 15.8. The third-order valence-corrected chi connectivity index (χ3v) is 8.19. The minimum Gasteiger partial charge on any atom is -0.378 e. The average Bonchev–Trinajstić information content (AvgIpc) is 2.98. The Morgan fingerprint density at radius 2 is 1.50 bits per heavy atom. The van der Waals surface area contributed by atoms with Crippen molar-refractivity contribution >= 4 is 0 Å². The average molecular weight is 549 g/mol. The molecule has 2 atom stereocenters. The van der Waals surface area contributed by atoms with Crippen LogP contribution in [-0.4, -0.2) is 12.7 Å². The molecule has 0 radical (unpaired) electrons. The number of benzene rings is 3. The fourth-order valence-corrected chi connectivity index (χ4v) is 5.70. The molecule has 0 bridgehead atoms. The zero-order valence-electron chi connectivity index (χ0n) is 24.0. The van der Waals surface area contributed by atoms with Gasteiger partial charge in [-0.3, -0.25) is 0 Å². The second kappa shape index (κ2) is 15.2. The standard InChI is InChI=1S/C36H43F3O/c1-3-5-7-8-9-11-12-28-19-23-33(36(39)35(28)38)27-16-14-26(15-17-27)32-22-20-29(24-34(32)37)30-18-21-31(40-25-30)13-10-6-4-2/h4,6,14-17,19-20,22-24,30-31H,3,5,7-13,18,21,25H2,1-2H3/b6-4+. The van der Waals surface area contributed by atoms with Crippen molar-refractivity contribution in [1.82, 2.24) is 0 Å². The Morgan fingerprint density at radius 1 is 0.800 bits per heavy atom. The van der Waals surface area contributed by atoms with Gasteiger partial charge in [0.25, 0.3) is 0 Å². The first-order valence-electron chi connectivity index (χ1n) is 15.1. The molecule has 0 saturated carbocycles. The monoisotopic (exact) mass is 548 g/mol. The predicted molar refractivity (Wildman–Crippen MR) is 160 cm³/mol. The van der Waals surface area contributed by atoms with Gasteiger partial charge in [-0.25, -0.2) is 13.2 Å². The van der Waals surface area contributed by atoms with Crippen LogP contribution in [0.4, 0.5) is 13.2 Å². The molecule has 4 rings (SSSR count). The van der Waals surface area contributed by atoms with Crippen LogP contribution in [0.5, 0.6) is 0 Å². The van der Waals surface area contributed by atoms with E-state index in [1.807, 2.05) is 19.1 Å². The number of hydrogen-bond acceptors (Lipinski definition) is 1. The zero-order chi connectivity index (χ0) is 28.3. The minimum atomic E-state index is -0.814. The van der Waals surface area contributed by atoms with E-state index in [4.69, 9.17) is 4.74 Å². The Hall–Kier alpha value is -2.85. The summed E-state index contributed by atoms with van der Waals surface area (Å²) in [6.45, 7) is 4.83. The third kappa shape index (κ3) is 7.87. The fraction of sp³-hybridized carbons (Fsp3) is 0.444. The van der Waals surface area contributed by atoms with Crippen LogP contribution >= 0.6 is 0 Å². The largest absolute Gasteiger partial charge is 0.378 e. The van der Waals surface area contributed by atoms with E-state index in [2.05, 4.69) is 19.1 Å². The Bertz CT molecular complexity index is 1240. The van der Waals surface area contributed by atoms with Crippen LogP contribution in [-0.2, 0) is 11.2 Å². The van der Waals surface area contributed by atoms with Crippen molar-refractivity contribution in [2.45, 2.75) is 96.5 Å². The molecule has 1 nitrogen and oxygen atoms in total. The van der Waals surface area contributed by atoms with E-state index in [0.717, 1.165) is 50.5 Å². The van der Waals surface area contributed by atoms with Crippen LogP contribution in [0.1, 0.15) is 95.1 Å². The molecular formula is C36H43F3O. The van der Waals surface area contributed by atoms with Gasteiger partial charge in [-0.15, -0.1) is 0 Å². The van der Waals surface area contributed by atoms with Crippen LogP contribution in [0.25, 0.3) is 22.3 Å². The van der Waals surface area contributed by atoms with E-state index >= 15 is 4.39 Å². The molecule has 4 heteroatoms. The molecule has 0 spiro atoms. The van der Waals surface area contributed by atoms with Crippen molar-refractivity contribution in [3.05, 3.63) is 95.3 Å². The summed E-state index contributed by atoms with van der Waals surface area (Å²) in [5, 5.41) is 0. The number of aryl methyl sites for hydroxylation is 1. The number of hydrogen-bond donors (Lipinski definition) is 0. The first-order valence-corrected chi connectivity index (χ1v) is 15.1. The highest BCUT2D eigenvalue weighted by molar-refractivity contribution is 5.71. The maximum Gasteiger partial charge on any atom is 0.166 e. The number of ether oxygens (including phenoxy) is 1. The summed E-state index contributed by atoms with van der Waals surface area (Å²) < 4.78 is 51.0. The molecule has 0 amide bonds. The smallest absolute Gasteiger partial charge is 0.166 e. The van der Waals surface area contributed by atoms with E-state index in [9.17, 15) is 8.78 Å².